The summed E-state index contributed by atoms with van der Waals surface area (Å²) in [4.78, 5) is 16.8. The molecule has 4 aromatic rings. The van der Waals surface area contributed by atoms with Gasteiger partial charge in [0.05, 0.1) is 18.7 Å². The van der Waals surface area contributed by atoms with Crippen LogP contribution in [-0.2, 0) is 23.7 Å². The van der Waals surface area contributed by atoms with Crippen LogP contribution in [0.4, 0.5) is 23.2 Å². The lowest BCUT2D eigenvalue weighted by Gasteiger charge is -2.21. The smallest absolute Gasteiger partial charge is 0.290 e. The van der Waals surface area contributed by atoms with E-state index in [0.717, 1.165) is 17.0 Å². The van der Waals surface area contributed by atoms with E-state index in [9.17, 15) is 9.18 Å². The Morgan fingerprint density at radius 2 is 1.73 bits per heavy atom. The molecule has 1 heterocycles. The van der Waals surface area contributed by atoms with Gasteiger partial charge in [0, 0.05) is 42.3 Å². The Bertz CT molecular complexity index is 1490. The summed E-state index contributed by atoms with van der Waals surface area (Å²) < 4.78 is 59.6. The first-order chi connectivity index (χ1) is 17.6. The van der Waals surface area contributed by atoms with Crippen molar-refractivity contribution in [2.24, 2.45) is 0 Å². The number of anilines is 1. The van der Waals surface area contributed by atoms with Crippen molar-refractivity contribution in [3.05, 3.63) is 105 Å². The van der Waals surface area contributed by atoms with Crippen LogP contribution >= 0.6 is 11.6 Å². The van der Waals surface area contributed by atoms with Gasteiger partial charge in [0.15, 0.2) is 5.82 Å². The zero-order valence-electron chi connectivity index (χ0n) is 20.1. The highest BCUT2D eigenvalue weighted by Gasteiger charge is 2.33. The fourth-order valence-electron chi connectivity index (χ4n) is 4.11. The van der Waals surface area contributed by atoms with Crippen molar-refractivity contribution in [1.82, 2.24) is 10.3 Å². The van der Waals surface area contributed by atoms with E-state index in [2.05, 4.69) is 15.6 Å². The molecule has 4 rings (SSSR count). The van der Waals surface area contributed by atoms with Crippen molar-refractivity contribution in [2.45, 2.75) is 32.7 Å². The molecule has 0 aliphatic heterocycles. The van der Waals surface area contributed by atoms with Crippen LogP contribution in [0.3, 0.4) is 0 Å². The summed E-state index contributed by atoms with van der Waals surface area (Å²) in [6, 6.07) is 14.2. The minimum Gasteiger partial charge on any atom is -0.376 e. The normalized spacial score (nSPS) is 11.5. The van der Waals surface area contributed by atoms with Crippen molar-refractivity contribution in [3.63, 3.8) is 0 Å². The van der Waals surface area contributed by atoms with Crippen LogP contribution in [0.25, 0.3) is 10.8 Å². The highest BCUT2D eigenvalue weighted by atomic mass is 35.5. The van der Waals surface area contributed by atoms with Crippen LogP contribution in [0.5, 0.6) is 0 Å². The van der Waals surface area contributed by atoms with Crippen LogP contribution in [-0.4, -0.2) is 17.4 Å². The lowest BCUT2D eigenvalue weighted by atomic mass is 9.99. The number of rotatable bonds is 8. The van der Waals surface area contributed by atoms with Crippen molar-refractivity contribution in [3.8, 4) is 0 Å². The summed E-state index contributed by atoms with van der Waals surface area (Å²) in [5, 5.41) is 5.28. The Labute approximate surface area is 219 Å². The van der Waals surface area contributed by atoms with Gasteiger partial charge in [-0.25, -0.2) is 8.78 Å². The minimum atomic E-state index is -3.45. The number of hydrogen-bond donors (Lipinski definition) is 2. The number of amides is 1. The van der Waals surface area contributed by atoms with Gasteiger partial charge in [0.25, 0.3) is 5.92 Å². The van der Waals surface area contributed by atoms with Crippen LogP contribution in [0.1, 0.15) is 30.9 Å². The molecule has 0 saturated heterocycles. The lowest BCUT2D eigenvalue weighted by molar-refractivity contribution is -0.120. The predicted octanol–water partition coefficient (Wildman–Crippen LogP) is 7.34. The average Bonchev–Trinajstić information content (AvgIpc) is 2.85. The van der Waals surface area contributed by atoms with Gasteiger partial charge < -0.3 is 10.6 Å². The van der Waals surface area contributed by atoms with Gasteiger partial charge in [-0.1, -0.05) is 48.0 Å². The Morgan fingerprint density at radius 3 is 2.49 bits per heavy atom. The standard InChI is InChI=1S/C28H24ClF4N3O.2H2/c1-16-9-10-18(17(2)36-16)14-34-26(37)13-21-23(29)11-12-25(27(21)31)35-15-28(32,33)22-7-3-6-20-19(22)5-4-8-24(20)30;;/h3-12,35H,13-15H2,1-2H3,(H,34,37);2*1H. The fourth-order valence-corrected chi connectivity index (χ4v) is 4.32. The number of aryl methyl sites for hydroxylation is 2. The highest BCUT2D eigenvalue weighted by molar-refractivity contribution is 6.31. The van der Waals surface area contributed by atoms with Crippen molar-refractivity contribution >= 4 is 34.0 Å². The Kier molecular flexibility index (Phi) is 7.68. The number of nitrogens with one attached hydrogen (secondary N) is 2. The third-order valence-corrected chi connectivity index (χ3v) is 6.45. The van der Waals surface area contributed by atoms with Gasteiger partial charge in [0.2, 0.25) is 5.91 Å². The average molecular weight is 534 g/mol. The van der Waals surface area contributed by atoms with E-state index in [1.807, 2.05) is 26.0 Å². The third-order valence-electron chi connectivity index (χ3n) is 6.10. The molecule has 2 N–H and O–H groups in total. The molecule has 0 spiro atoms. The van der Waals surface area contributed by atoms with Crippen LogP contribution in [0.2, 0.25) is 5.02 Å². The second-order valence-electron chi connectivity index (χ2n) is 8.74. The van der Waals surface area contributed by atoms with E-state index < -0.39 is 30.0 Å². The second kappa shape index (κ2) is 10.8. The number of pyridine rings is 1. The number of alkyl halides is 2. The molecule has 1 aromatic heterocycles. The van der Waals surface area contributed by atoms with Gasteiger partial charge in [0.1, 0.15) is 5.82 Å². The maximum absolute atomic E-state index is 15.2. The van der Waals surface area contributed by atoms with Gasteiger partial charge in [-0.05, 0) is 49.1 Å². The molecule has 0 saturated carbocycles. The quantitative estimate of drug-likeness (QED) is 0.233. The zero-order chi connectivity index (χ0) is 26.7. The molecule has 37 heavy (non-hydrogen) atoms. The number of benzene rings is 3. The third kappa shape index (κ3) is 5.85. The number of aromatic nitrogens is 1. The van der Waals surface area contributed by atoms with Crippen molar-refractivity contribution < 1.29 is 25.2 Å². The van der Waals surface area contributed by atoms with Crippen molar-refractivity contribution in [1.29, 1.82) is 0 Å². The maximum atomic E-state index is 15.2. The van der Waals surface area contributed by atoms with Gasteiger partial charge in [-0.15, -0.1) is 0 Å². The molecule has 0 aliphatic rings. The molecule has 1 amide bonds. The number of fused-ring (bicyclic) bond motifs is 1. The SMILES string of the molecule is Cc1ccc(CNC(=O)Cc2c(Cl)ccc(NCC(F)(F)c3cccc4c(F)cccc34)c2F)c(C)n1.[HH].[HH]. The molecule has 0 radical (unpaired) electrons. The first kappa shape index (κ1) is 26.4. The predicted molar refractivity (Wildman–Crippen MR) is 141 cm³/mol. The number of hydrogen-bond acceptors (Lipinski definition) is 3. The first-order valence-electron chi connectivity index (χ1n) is 11.5. The van der Waals surface area contributed by atoms with Gasteiger partial charge >= 0.3 is 0 Å². The molecule has 0 aliphatic carbocycles. The minimum absolute atomic E-state index is 0. The van der Waals surface area contributed by atoms with E-state index >= 15 is 13.2 Å². The van der Waals surface area contributed by atoms with E-state index in [1.54, 1.807) is 0 Å². The van der Waals surface area contributed by atoms with E-state index in [-0.39, 0.29) is 48.4 Å². The summed E-state index contributed by atoms with van der Waals surface area (Å²) in [5.74, 6) is -5.43. The Morgan fingerprint density at radius 1 is 1.00 bits per heavy atom. The number of carbonyl (C=O) groups is 1. The molecular formula is C28H28ClF4N3O. The van der Waals surface area contributed by atoms with Gasteiger partial charge in [-0.3, -0.25) is 9.78 Å². The molecule has 0 bridgehead atoms. The first-order valence-corrected chi connectivity index (χ1v) is 11.9. The molecule has 196 valence electrons. The van der Waals surface area contributed by atoms with E-state index in [1.165, 1.54) is 48.5 Å². The molecule has 0 fully saturated rings. The highest BCUT2D eigenvalue weighted by Crippen LogP contribution is 2.35. The Balaban J connectivity index is 0.00000267. The molecule has 3 aromatic carbocycles. The summed E-state index contributed by atoms with van der Waals surface area (Å²) >= 11 is 6.13. The summed E-state index contributed by atoms with van der Waals surface area (Å²) in [6.07, 6.45) is -0.377. The molecule has 0 unspecified atom stereocenters. The summed E-state index contributed by atoms with van der Waals surface area (Å²) in [5.41, 5.74) is 1.72. The number of nitrogens with zero attached hydrogens (tertiary/aromatic N) is 1. The second-order valence-corrected chi connectivity index (χ2v) is 9.14. The molecule has 4 nitrogen and oxygen atoms in total. The summed E-state index contributed by atoms with van der Waals surface area (Å²) in [6.45, 7) is 2.93. The van der Waals surface area contributed by atoms with Crippen LogP contribution < -0.4 is 10.6 Å². The van der Waals surface area contributed by atoms with Crippen LogP contribution in [0, 0.1) is 25.5 Å². The zero-order valence-corrected chi connectivity index (χ0v) is 20.9. The molecule has 9 heteroatoms. The van der Waals surface area contributed by atoms with Gasteiger partial charge in [-0.2, -0.15) is 8.78 Å². The number of carbonyl (C=O) groups excluding carboxylic acids is 1. The molecule has 0 atom stereocenters. The topological polar surface area (TPSA) is 54.0 Å². The Hall–Kier alpha value is -3.65. The summed E-state index contributed by atoms with van der Waals surface area (Å²) in [7, 11) is 0. The maximum Gasteiger partial charge on any atom is 0.290 e. The molecular weight excluding hydrogens is 506 g/mol. The van der Waals surface area contributed by atoms with E-state index in [0.29, 0.717) is 0 Å². The van der Waals surface area contributed by atoms with Crippen molar-refractivity contribution in [2.75, 3.05) is 11.9 Å². The lowest BCUT2D eigenvalue weighted by Crippen LogP contribution is -2.27. The largest absolute Gasteiger partial charge is 0.376 e. The fraction of sp³-hybridized carbons (Fsp3) is 0.214. The monoisotopic (exact) mass is 533 g/mol. The van der Waals surface area contributed by atoms with E-state index in [4.69, 9.17) is 11.6 Å². The van der Waals surface area contributed by atoms with Crippen LogP contribution in [0.15, 0.2) is 60.7 Å². The number of halogens is 5.